The molecule has 0 fully saturated rings. The third kappa shape index (κ3) is 2.49. The van der Waals surface area contributed by atoms with Crippen LogP contribution in [0.1, 0.15) is 18.3 Å². The molecule has 0 aliphatic heterocycles. The monoisotopic (exact) mass is 227 g/mol. The van der Waals surface area contributed by atoms with Gasteiger partial charge in [0, 0.05) is 13.0 Å². The van der Waals surface area contributed by atoms with E-state index in [0.717, 1.165) is 11.4 Å². The molecule has 0 radical (unpaired) electrons. The third-order valence-electron chi connectivity index (χ3n) is 2.30. The topological polar surface area (TPSA) is 61.8 Å². The summed E-state index contributed by atoms with van der Waals surface area (Å²) in [4.78, 5) is 0. The van der Waals surface area contributed by atoms with Gasteiger partial charge in [-0.05, 0) is 13.8 Å². The number of aromatic nitrogens is 2. The van der Waals surface area contributed by atoms with Gasteiger partial charge in [-0.1, -0.05) is 11.6 Å². The molecule has 0 aliphatic carbocycles. The minimum Gasteiger partial charge on any atom is -0.395 e. The molecule has 4 nitrogen and oxygen atoms in total. The predicted octanol–water partition coefficient (Wildman–Crippen LogP) is 1.54. The minimum atomic E-state index is -0.413. The number of halogens is 1. The normalized spacial score (nSPS) is 12.5. The van der Waals surface area contributed by atoms with Crippen LogP contribution in [0.4, 0.5) is 0 Å². The Balaban J connectivity index is 2.98. The average molecular weight is 228 g/mol. The first-order valence-electron chi connectivity index (χ1n) is 4.86. The van der Waals surface area contributed by atoms with Crippen LogP contribution >= 0.6 is 11.6 Å². The number of rotatable bonds is 4. The van der Waals surface area contributed by atoms with Crippen molar-refractivity contribution in [3.05, 3.63) is 16.4 Å². The molecule has 82 valence electrons. The van der Waals surface area contributed by atoms with Crippen molar-refractivity contribution < 1.29 is 5.11 Å². The highest BCUT2D eigenvalue weighted by molar-refractivity contribution is 6.31. The Bertz CT molecular complexity index is 381. The van der Waals surface area contributed by atoms with E-state index in [1.165, 1.54) is 0 Å². The molecule has 1 unspecified atom stereocenters. The van der Waals surface area contributed by atoms with Crippen LogP contribution in [-0.4, -0.2) is 21.5 Å². The quantitative estimate of drug-likeness (QED) is 0.849. The van der Waals surface area contributed by atoms with Crippen LogP contribution < -0.4 is 0 Å². The molecule has 1 heterocycles. The van der Waals surface area contributed by atoms with Gasteiger partial charge in [-0.2, -0.15) is 10.4 Å². The first-order chi connectivity index (χ1) is 7.13. The molecule has 1 aromatic heterocycles. The lowest BCUT2D eigenvalue weighted by Gasteiger charge is -2.07. The Morgan fingerprint density at radius 2 is 2.33 bits per heavy atom. The fourth-order valence-corrected chi connectivity index (χ4v) is 1.66. The van der Waals surface area contributed by atoms with Gasteiger partial charge in [-0.15, -0.1) is 0 Å². The van der Waals surface area contributed by atoms with Gasteiger partial charge in [0.1, 0.15) is 0 Å². The van der Waals surface area contributed by atoms with Crippen molar-refractivity contribution in [2.75, 3.05) is 6.61 Å². The van der Waals surface area contributed by atoms with Gasteiger partial charge in [0.15, 0.2) is 0 Å². The average Bonchev–Trinajstić information content (AvgIpc) is 2.52. The number of nitrogens with zero attached hydrogens (tertiary/aromatic N) is 3. The van der Waals surface area contributed by atoms with Crippen LogP contribution in [0.5, 0.6) is 0 Å². The molecular formula is C10H14ClN3O. The number of hydrogen-bond donors (Lipinski definition) is 1. The summed E-state index contributed by atoms with van der Waals surface area (Å²) in [6.07, 6.45) is 0.445. The van der Waals surface area contributed by atoms with Crippen LogP contribution in [0, 0.1) is 24.2 Å². The summed E-state index contributed by atoms with van der Waals surface area (Å²) in [7, 11) is 0. The Labute approximate surface area is 94.1 Å². The highest BCUT2D eigenvalue weighted by Gasteiger charge is 2.16. The Kier molecular flexibility index (Phi) is 4.13. The summed E-state index contributed by atoms with van der Waals surface area (Å²) >= 11 is 6.08. The van der Waals surface area contributed by atoms with E-state index in [1.54, 1.807) is 4.68 Å². The molecule has 0 saturated carbocycles. The molecular weight excluding hydrogens is 214 g/mol. The molecule has 1 atom stereocenters. The van der Waals surface area contributed by atoms with Crippen LogP contribution in [0.15, 0.2) is 0 Å². The predicted molar refractivity (Wildman–Crippen MR) is 57.5 cm³/mol. The summed E-state index contributed by atoms with van der Waals surface area (Å²) in [6, 6.07) is 2.04. The zero-order valence-corrected chi connectivity index (χ0v) is 9.62. The molecule has 1 N–H and O–H groups in total. The second kappa shape index (κ2) is 5.15. The van der Waals surface area contributed by atoms with E-state index in [2.05, 4.69) is 5.10 Å². The maximum atomic E-state index is 8.95. The molecule has 5 heteroatoms. The molecule has 1 aromatic rings. The maximum absolute atomic E-state index is 8.95. The summed E-state index contributed by atoms with van der Waals surface area (Å²) in [5.41, 5.74) is 1.60. The third-order valence-corrected chi connectivity index (χ3v) is 2.79. The van der Waals surface area contributed by atoms with Gasteiger partial charge in [-0.25, -0.2) is 0 Å². The van der Waals surface area contributed by atoms with Crippen LogP contribution in [-0.2, 0) is 13.0 Å². The fourth-order valence-electron chi connectivity index (χ4n) is 1.45. The lowest BCUT2D eigenvalue weighted by atomic mass is 10.1. The second-order valence-electron chi connectivity index (χ2n) is 3.37. The van der Waals surface area contributed by atoms with Gasteiger partial charge >= 0.3 is 0 Å². The van der Waals surface area contributed by atoms with E-state index in [-0.39, 0.29) is 6.61 Å². The summed E-state index contributed by atoms with van der Waals surface area (Å²) in [5.74, 6) is -0.413. The lowest BCUT2D eigenvalue weighted by Crippen LogP contribution is -2.11. The van der Waals surface area contributed by atoms with Crippen molar-refractivity contribution >= 4 is 11.6 Å². The van der Waals surface area contributed by atoms with Crippen molar-refractivity contribution in [1.29, 1.82) is 5.26 Å². The van der Waals surface area contributed by atoms with Crippen LogP contribution in [0.25, 0.3) is 0 Å². The highest BCUT2D eigenvalue weighted by atomic mass is 35.5. The standard InChI is InChI=1S/C10H14ClN3O/c1-3-14-9(4-8(5-12)6-15)10(11)7(2)13-14/h8,15H,3-4,6H2,1-2H3. The molecule has 0 amide bonds. The van der Waals surface area contributed by atoms with Gasteiger partial charge < -0.3 is 5.11 Å². The summed E-state index contributed by atoms with van der Waals surface area (Å²) in [6.45, 7) is 4.36. The molecule has 0 aliphatic rings. The van der Waals surface area contributed by atoms with Crippen molar-refractivity contribution in [3.8, 4) is 6.07 Å². The second-order valence-corrected chi connectivity index (χ2v) is 3.75. The number of aryl methyl sites for hydroxylation is 2. The van der Waals surface area contributed by atoms with Crippen LogP contribution in [0.3, 0.4) is 0 Å². The number of aliphatic hydroxyl groups excluding tert-OH is 1. The zero-order valence-electron chi connectivity index (χ0n) is 8.87. The number of nitriles is 1. The van der Waals surface area contributed by atoms with Gasteiger partial charge in [0.25, 0.3) is 0 Å². The van der Waals surface area contributed by atoms with E-state index < -0.39 is 5.92 Å². The van der Waals surface area contributed by atoms with E-state index in [4.69, 9.17) is 22.0 Å². The fraction of sp³-hybridized carbons (Fsp3) is 0.600. The van der Waals surface area contributed by atoms with Crippen molar-refractivity contribution in [3.63, 3.8) is 0 Å². The van der Waals surface area contributed by atoms with Crippen molar-refractivity contribution in [1.82, 2.24) is 9.78 Å². The molecule has 15 heavy (non-hydrogen) atoms. The number of hydrogen-bond acceptors (Lipinski definition) is 3. The summed E-state index contributed by atoms with van der Waals surface area (Å²) < 4.78 is 1.78. The Morgan fingerprint density at radius 3 is 2.80 bits per heavy atom. The minimum absolute atomic E-state index is 0.152. The van der Waals surface area contributed by atoms with E-state index >= 15 is 0 Å². The van der Waals surface area contributed by atoms with Crippen molar-refractivity contribution in [2.45, 2.75) is 26.8 Å². The van der Waals surface area contributed by atoms with E-state index in [9.17, 15) is 0 Å². The maximum Gasteiger partial charge on any atom is 0.0847 e. The van der Waals surface area contributed by atoms with Crippen LogP contribution in [0.2, 0.25) is 5.02 Å². The molecule has 0 spiro atoms. The molecule has 1 rings (SSSR count). The zero-order chi connectivity index (χ0) is 11.4. The number of aliphatic hydroxyl groups is 1. The SMILES string of the molecule is CCn1nc(C)c(Cl)c1CC(C#N)CO. The largest absolute Gasteiger partial charge is 0.395 e. The Hall–Kier alpha value is -1.05. The van der Waals surface area contributed by atoms with E-state index in [1.807, 2.05) is 19.9 Å². The van der Waals surface area contributed by atoms with Gasteiger partial charge in [-0.3, -0.25) is 4.68 Å². The first-order valence-corrected chi connectivity index (χ1v) is 5.24. The smallest absolute Gasteiger partial charge is 0.0847 e. The Morgan fingerprint density at radius 1 is 1.67 bits per heavy atom. The van der Waals surface area contributed by atoms with E-state index in [0.29, 0.717) is 18.0 Å². The highest BCUT2D eigenvalue weighted by Crippen LogP contribution is 2.22. The van der Waals surface area contributed by atoms with Crippen molar-refractivity contribution in [2.24, 2.45) is 5.92 Å². The molecule has 0 aromatic carbocycles. The lowest BCUT2D eigenvalue weighted by molar-refractivity contribution is 0.254. The van der Waals surface area contributed by atoms with Gasteiger partial charge in [0.05, 0.1) is 35.0 Å². The molecule has 0 saturated heterocycles. The first kappa shape index (κ1) is 12.0. The molecule has 0 bridgehead atoms. The summed E-state index contributed by atoms with van der Waals surface area (Å²) in [5, 5.41) is 22.6. The van der Waals surface area contributed by atoms with Gasteiger partial charge in [0.2, 0.25) is 0 Å².